The first kappa shape index (κ1) is 23.9. The van der Waals surface area contributed by atoms with Gasteiger partial charge in [0.05, 0.1) is 11.5 Å². The first-order valence-corrected chi connectivity index (χ1v) is 11.1. The normalized spacial score (nSPS) is 23.0. The molecule has 0 heterocycles. The Morgan fingerprint density at radius 2 is 1.84 bits per heavy atom. The van der Waals surface area contributed by atoms with Crippen LogP contribution in [0.3, 0.4) is 0 Å². The number of amides is 2. The van der Waals surface area contributed by atoms with Crippen LogP contribution in [-0.2, 0) is 16.6 Å². The smallest absolute Gasteiger partial charge is 0.254 e. The molecule has 2 aromatic carbocycles. The Labute approximate surface area is 190 Å². The van der Waals surface area contributed by atoms with Crippen molar-refractivity contribution < 1.29 is 14.0 Å². The van der Waals surface area contributed by atoms with Gasteiger partial charge in [0.25, 0.3) is 5.91 Å². The number of aryl methyl sites for hydroxylation is 1. The Balaban J connectivity index is 1.68. The van der Waals surface area contributed by atoms with E-state index >= 15 is 0 Å². The van der Waals surface area contributed by atoms with Crippen LogP contribution in [0.5, 0.6) is 0 Å². The van der Waals surface area contributed by atoms with Crippen molar-refractivity contribution >= 4 is 11.8 Å². The lowest BCUT2D eigenvalue weighted by Gasteiger charge is -2.26. The van der Waals surface area contributed by atoms with E-state index in [4.69, 9.17) is 0 Å². The van der Waals surface area contributed by atoms with Crippen molar-refractivity contribution in [3.05, 3.63) is 70.5 Å². The molecule has 0 unspecified atom stereocenters. The Bertz CT molecular complexity index is 992. The average Bonchev–Trinajstić information content (AvgIpc) is 3.34. The maximum atomic E-state index is 14.5. The predicted molar refractivity (Wildman–Crippen MR) is 125 cm³/mol. The van der Waals surface area contributed by atoms with Gasteiger partial charge in [0.2, 0.25) is 5.91 Å². The maximum Gasteiger partial charge on any atom is 0.254 e. The fourth-order valence-corrected chi connectivity index (χ4v) is 4.74. The zero-order chi connectivity index (χ0) is 23.6. The van der Waals surface area contributed by atoms with E-state index in [2.05, 4.69) is 36.6 Å². The number of carbonyl (C=O) groups excluding carboxylic acids is 2. The van der Waals surface area contributed by atoms with Crippen LogP contribution >= 0.6 is 0 Å². The summed E-state index contributed by atoms with van der Waals surface area (Å²) in [4.78, 5) is 26.9. The lowest BCUT2D eigenvalue weighted by Crippen LogP contribution is -2.42. The number of hydrogen-bond acceptors (Lipinski definition) is 3. The minimum absolute atomic E-state index is 0.0000563. The van der Waals surface area contributed by atoms with Gasteiger partial charge in [-0.3, -0.25) is 9.59 Å². The SMILES string of the molecule is CNC(=O)c1cc(C)c(C[C@@H](CNC(=O)[C@@H]2[C@H](C)[C@@]2(C)c2ccccc2)N(C)C)cc1F. The van der Waals surface area contributed by atoms with E-state index in [1.54, 1.807) is 6.07 Å². The fourth-order valence-electron chi connectivity index (χ4n) is 4.74. The summed E-state index contributed by atoms with van der Waals surface area (Å²) < 4.78 is 14.5. The Hall–Kier alpha value is -2.73. The van der Waals surface area contributed by atoms with Gasteiger partial charge in [-0.15, -0.1) is 0 Å². The molecule has 4 atom stereocenters. The number of rotatable bonds is 8. The molecule has 32 heavy (non-hydrogen) atoms. The zero-order valence-corrected chi connectivity index (χ0v) is 19.8. The van der Waals surface area contributed by atoms with Crippen LogP contribution in [0.15, 0.2) is 42.5 Å². The summed E-state index contributed by atoms with van der Waals surface area (Å²) in [5, 5.41) is 5.60. The molecule has 1 saturated carbocycles. The van der Waals surface area contributed by atoms with Crippen molar-refractivity contribution in [1.82, 2.24) is 15.5 Å². The topological polar surface area (TPSA) is 61.4 Å². The number of halogens is 1. The van der Waals surface area contributed by atoms with Gasteiger partial charge in [0.1, 0.15) is 5.82 Å². The highest BCUT2D eigenvalue weighted by Crippen LogP contribution is 2.59. The molecule has 0 saturated heterocycles. The van der Waals surface area contributed by atoms with Crippen LogP contribution in [0.25, 0.3) is 0 Å². The van der Waals surface area contributed by atoms with E-state index in [0.717, 1.165) is 11.1 Å². The lowest BCUT2D eigenvalue weighted by atomic mass is 9.94. The summed E-state index contributed by atoms with van der Waals surface area (Å²) in [5.74, 6) is -0.686. The van der Waals surface area contributed by atoms with Gasteiger partial charge < -0.3 is 15.5 Å². The predicted octanol–water partition coefficient (Wildman–Crippen LogP) is 3.31. The van der Waals surface area contributed by atoms with E-state index in [1.807, 2.05) is 44.1 Å². The van der Waals surface area contributed by atoms with E-state index in [1.165, 1.54) is 18.7 Å². The molecule has 172 valence electrons. The summed E-state index contributed by atoms with van der Waals surface area (Å²) in [7, 11) is 5.39. The maximum absolute atomic E-state index is 14.5. The molecule has 0 spiro atoms. The Kier molecular flexibility index (Phi) is 7.03. The summed E-state index contributed by atoms with van der Waals surface area (Å²) in [6, 6.07) is 13.2. The van der Waals surface area contributed by atoms with Crippen molar-refractivity contribution in [2.45, 2.75) is 38.6 Å². The van der Waals surface area contributed by atoms with Crippen molar-refractivity contribution in [2.75, 3.05) is 27.7 Å². The van der Waals surface area contributed by atoms with Crippen molar-refractivity contribution in [2.24, 2.45) is 11.8 Å². The summed E-state index contributed by atoms with van der Waals surface area (Å²) in [6.07, 6.45) is 0.570. The average molecular weight is 440 g/mol. The molecule has 1 aliphatic rings. The van der Waals surface area contributed by atoms with Gasteiger partial charge >= 0.3 is 0 Å². The van der Waals surface area contributed by atoms with E-state index in [9.17, 15) is 14.0 Å². The van der Waals surface area contributed by atoms with Crippen molar-refractivity contribution in [3.63, 3.8) is 0 Å². The van der Waals surface area contributed by atoms with Crippen LogP contribution in [0.1, 0.15) is 40.9 Å². The number of likely N-dealkylation sites (N-methyl/N-ethyl adjacent to an activating group) is 1. The number of benzene rings is 2. The van der Waals surface area contributed by atoms with Crippen LogP contribution in [0.2, 0.25) is 0 Å². The van der Waals surface area contributed by atoms with Gasteiger partial charge in [-0.1, -0.05) is 44.2 Å². The molecule has 1 fully saturated rings. The molecular formula is C26H34FN3O2. The number of carbonyl (C=O) groups is 2. The minimum Gasteiger partial charge on any atom is -0.355 e. The van der Waals surface area contributed by atoms with Crippen molar-refractivity contribution in [3.8, 4) is 0 Å². The van der Waals surface area contributed by atoms with Gasteiger partial charge in [-0.25, -0.2) is 4.39 Å². The highest BCUT2D eigenvalue weighted by molar-refractivity contribution is 5.94. The van der Waals surface area contributed by atoms with Crippen LogP contribution in [0, 0.1) is 24.6 Å². The van der Waals surface area contributed by atoms with Crippen LogP contribution in [0.4, 0.5) is 4.39 Å². The quantitative estimate of drug-likeness (QED) is 0.664. The number of hydrogen-bond donors (Lipinski definition) is 2. The molecule has 1 aliphatic carbocycles. The Morgan fingerprint density at radius 3 is 2.44 bits per heavy atom. The molecule has 0 radical (unpaired) electrons. The van der Waals surface area contributed by atoms with Gasteiger partial charge in [0, 0.05) is 25.0 Å². The molecule has 2 N–H and O–H groups in total. The molecule has 2 aromatic rings. The standard InChI is InChI=1S/C26H34FN3O2/c1-16-12-21(24(31)28-4)22(27)14-18(16)13-20(30(5)6)15-29-25(32)23-17(2)26(23,3)19-10-8-7-9-11-19/h7-12,14,17,20,23H,13,15H2,1-6H3,(H,28,31)(H,29,32)/t17-,20-,23-,26-/m0/s1. The molecule has 0 aromatic heterocycles. The Morgan fingerprint density at radius 1 is 1.19 bits per heavy atom. The molecule has 6 heteroatoms. The van der Waals surface area contributed by atoms with Crippen molar-refractivity contribution in [1.29, 1.82) is 0 Å². The third-order valence-corrected chi connectivity index (χ3v) is 7.26. The summed E-state index contributed by atoms with van der Waals surface area (Å²) in [5.41, 5.74) is 2.78. The molecular weight excluding hydrogens is 405 g/mol. The van der Waals surface area contributed by atoms with E-state index in [0.29, 0.717) is 13.0 Å². The monoisotopic (exact) mass is 439 g/mol. The van der Waals surface area contributed by atoms with Crippen LogP contribution < -0.4 is 10.6 Å². The van der Waals surface area contributed by atoms with Crippen LogP contribution in [-0.4, -0.2) is 50.4 Å². The highest BCUT2D eigenvalue weighted by Gasteiger charge is 2.62. The highest BCUT2D eigenvalue weighted by atomic mass is 19.1. The second kappa shape index (κ2) is 9.41. The fraction of sp³-hybridized carbons (Fsp3) is 0.462. The third kappa shape index (κ3) is 4.56. The molecule has 0 aliphatic heterocycles. The lowest BCUT2D eigenvalue weighted by molar-refractivity contribution is -0.123. The number of nitrogens with one attached hydrogen (secondary N) is 2. The van der Waals surface area contributed by atoms with Gasteiger partial charge in [0.15, 0.2) is 0 Å². The summed E-state index contributed by atoms with van der Waals surface area (Å²) in [6.45, 7) is 6.63. The first-order chi connectivity index (χ1) is 15.1. The second-order valence-corrected chi connectivity index (χ2v) is 9.32. The van der Waals surface area contributed by atoms with E-state index in [-0.39, 0.29) is 34.8 Å². The second-order valence-electron chi connectivity index (χ2n) is 9.32. The molecule has 3 rings (SSSR count). The molecule has 5 nitrogen and oxygen atoms in total. The molecule has 0 bridgehead atoms. The van der Waals surface area contributed by atoms with E-state index < -0.39 is 11.7 Å². The third-order valence-electron chi connectivity index (χ3n) is 7.26. The number of nitrogens with zero attached hydrogens (tertiary/aromatic N) is 1. The largest absolute Gasteiger partial charge is 0.355 e. The summed E-state index contributed by atoms with van der Waals surface area (Å²) >= 11 is 0. The van der Waals surface area contributed by atoms with Gasteiger partial charge in [-0.2, -0.15) is 0 Å². The zero-order valence-electron chi connectivity index (χ0n) is 19.8. The first-order valence-electron chi connectivity index (χ1n) is 11.1. The minimum atomic E-state index is -0.531. The van der Waals surface area contributed by atoms with Gasteiger partial charge in [-0.05, 0) is 62.2 Å². The molecule has 2 amide bonds.